The molecule has 1 unspecified atom stereocenters. The average Bonchev–Trinajstić information content (AvgIpc) is 3.12. The van der Waals surface area contributed by atoms with Gasteiger partial charge in [-0.05, 0) is 43.9 Å². The lowest BCUT2D eigenvalue weighted by Gasteiger charge is -2.15. The molecule has 0 bridgehead atoms. The van der Waals surface area contributed by atoms with E-state index in [0.717, 1.165) is 12.1 Å². The molecule has 4 heteroatoms. The average molecular weight is 262 g/mol. The van der Waals surface area contributed by atoms with E-state index in [9.17, 15) is 4.79 Å². The highest BCUT2D eigenvalue weighted by molar-refractivity contribution is 5.90. The molecule has 0 saturated heterocycles. The second-order valence-electron chi connectivity index (χ2n) is 5.26. The van der Waals surface area contributed by atoms with Crippen molar-refractivity contribution in [3.63, 3.8) is 0 Å². The maximum atomic E-state index is 11.2. The fraction of sp³-hybridized carbons (Fsp3) is 0.533. The number of carbonyl (C=O) groups is 1. The fourth-order valence-electron chi connectivity index (χ4n) is 2.23. The summed E-state index contributed by atoms with van der Waals surface area (Å²) in [6, 6.07) is 7.11. The molecule has 1 amide bonds. The van der Waals surface area contributed by atoms with Gasteiger partial charge >= 0.3 is 0 Å². The Morgan fingerprint density at radius 2 is 2.21 bits per heavy atom. The Labute approximate surface area is 114 Å². The number of rotatable bonds is 6. The maximum absolute atomic E-state index is 11.2. The minimum absolute atomic E-state index is 0.0837. The number of ether oxygens (including phenoxy) is 1. The van der Waals surface area contributed by atoms with Crippen LogP contribution < -0.4 is 15.4 Å². The Morgan fingerprint density at radius 1 is 1.47 bits per heavy atom. The Kier molecular flexibility index (Phi) is 4.43. The van der Waals surface area contributed by atoms with E-state index in [1.54, 1.807) is 7.11 Å². The molecule has 1 aromatic rings. The molecule has 1 aromatic carbocycles. The second-order valence-corrected chi connectivity index (χ2v) is 5.26. The monoisotopic (exact) mass is 262 g/mol. The number of nitrogens with one attached hydrogen (secondary N) is 2. The molecule has 1 fully saturated rings. The van der Waals surface area contributed by atoms with Crippen molar-refractivity contribution in [3.05, 3.63) is 23.8 Å². The van der Waals surface area contributed by atoms with Gasteiger partial charge in [-0.15, -0.1) is 0 Å². The van der Waals surface area contributed by atoms with Gasteiger partial charge in [-0.25, -0.2) is 0 Å². The number of carbonyl (C=O) groups excluding carboxylic acids is 1. The Hall–Kier alpha value is -1.55. The van der Waals surface area contributed by atoms with E-state index >= 15 is 0 Å². The zero-order chi connectivity index (χ0) is 13.8. The van der Waals surface area contributed by atoms with Gasteiger partial charge in [0, 0.05) is 19.0 Å². The third kappa shape index (κ3) is 4.24. The van der Waals surface area contributed by atoms with Gasteiger partial charge in [-0.1, -0.05) is 6.07 Å². The highest BCUT2D eigenvalue weighted by atomic mass is 16.5. The van der Waals surface area contributed by atoms with Crippen LogP contribution in [0.2, 0.25) is 0 Å². The molecule has 1 aliphatic rings. The number of benzene rings is 1. The van der Waals surface area contributed by atoms with Crippen molar-refractivity contribution < 1.29 is 9.53 Å². The van der Waals surface area contributed by atoms with Crippen LogP contribution in [0.4, 0.5) is 5.69 Å². The number of methoxy groups -OCH3 is 1. The van der Waals surface area contributed by atoms with Crippen molar-refractivity contribution in [3.8, 4) is 5.75 Å². The normalized spacial score (nSPS) is 15.9. The Balaban J connectivity index is 2.05. The second kappa shape index (κ2) is 6.06. The third-order valence-corrected chi connectivity index (χ3v) is 3.21. The van der Waals surface area contributed by atoms with Crippen LogP contribution in [0.25, 0.3) is 0 Å². The van der Waals surface area contributed by atoms with E-state index in [1.807, 2.05) is 12.1 Å². The van der Waals surface area contributed by atoms with Crippen molar-refractivity contribution in [2.24, 2.45) is 0 Å². The molecule has 0 spiro atoms. The molecule has 4 nitrogen and oxygen atoms in total. The molecule has 2 N–H and O–H groups in total. The summed E-state index contributed by atoms with van der Waals surface area (Å²) in [6.45, 7) is 3.70. The Morgan fingerprint density at radius 3 is 2.79 bits per heavy atom. The molecule has 0 heterocycles. The van der Waals surface area contributed by atoms with Crippen LogP contribution in [0, 0.1) is 0 Å². The van der Waals surface area contributed by atoms with Gasteiger partial charge in [0.1, 0.15) is 5.75 Å². The molecule has 104 valence electrons. The van der Waals surface area contributed by atoms with Crippen LogP contribution in [0.5, 0.6) is 5.75 Å². The van der Waals surface area contributed by atoms with Crippen LogP contribution in [-0.2, 0) is 11.2 Å². The van der Waals surface area contributed by atoms with Crippen molar-refractivity contribution in [2.45, 2.75) is 45.2 Å². The quantitative estimate of drug-likeness (QED) is 0.827. The van der Waals surface area contributed by atoms with E-state index in [4.69, 9.17) is 4.74 Å². The van der Waals surface area contributed by atoms with Crippen molar-refractivity contribution >= 4 is 11.6 Å². The molecule has 0 aromatic heterocycles. The van der Waals surface area contributed by atoms with Crippen LogP contribution in [0.3, 0.4) is 0 Å². The summed E-state index contributed by atoms with van der Waals surface area (Å²) in [5.74, 6) is 0.612. The predicted octanol–water partition coefficient (Wildman–Crippen LogP) is 2.34. The smallest absolute Gasteiger partial charge is 0.221 e. The zero-order valence-corrected chi connectivity index (χ0v) is 11.8. The van der Waals surface area contributed by atoms with E-state index in [0.29, 0.717) is 17.8 Å². The summed E-state index contributed by atoms with van der Waals surface area (Å²) >= 11 is 0. The first-order valence-corrected chi connectivity index (χ1v) is 6.79. The van der Waals surface area contributed by atoms with Crippen LogP contribution >= 0.6 is 0 Å². The van der Waals surface area contributed by atoms with Gasteiger partial charge in [0.25, 0.3) is 0 Å². The summed E-state index contributed by atoms with van der Waals surface area (Å²) in [5.41, 5.74) is 1.94. The molecule has 1 saturated carbocycles. The number of hydrogen-bond acceptors (Lipinski definition) is 3. The first-order chi connectivity index (χ1) is 9.08. The van der Waals surface area contributed by atoms with Gasteiger partial charge in [0.15, 0.2) is 0 Å². The predicted molar refractivity (Wildman–Crippen MR) is 76.6 cm³/mol. The highest BCUT2D eigenvalue weighted by Crippen LogP contribution is 2.26. The summed E-state index contributed by atoms with van der Waals surface area (Å²) in [7, 11) is 1.61. The first-order valence-electron chi connectivity index (χ1n) is 6.79. The zero-order valence-electron chi connectivity index (χ0n) is 11.8. The van der Waals surface area contributed by atoms with Gasteiger partial charge in [-0.3, -0.25) is 4.79 Å². The van der Waals surface area contributed by atoms with E-state index in [2.05, 4.69) is 23.6 Å². The topological polar surface area (TPSA) is 50.4 Å². The maximum Gasteiger partial charge on any atom is 0.221 e. The third-order valence-electron chi connectivity index (χ3n) is 3.21. The minimum atomic E-state index is -0.0837. The van der Waals surface area contributed by atoms with Crippen LogP contribution in [0.15, 0.2) is 18.2 Å². The summed E-state index contributed by atoms with van der Waals surface area (Å²) < 4.78 is 5.25. The number of hydrogen-bond donors (Lipinski definition) is 2. The van der Waals surface area contributed by atoms with Gasteiger partial charge < -0.3 is 15.4 Å². The summed E-state index contributed by atoms with van der Waals surface area (Å²) in [5, 5.41) is 6.38. The Bertz CT molecular complexity index is 455. The van der Waals surface area contributed by atoms with E-state index < -0.39 is 0 Å². The lowest BCUT2D eigenvalue weighted by Crippen LogP contribution is -2.29. The molecule has 0 radical (unpaired) electrons. The lowest BCUT2D eigenvalue weighted by atomic mass is 10.1. The van der Waals surface area contributed by atoms with Gasteiger partial charge in [0.05, 0.1) is 12.8 Å². The molecular formula is C15H22N2O2. The largest absolute Gasteiger partial charge is 0.495 e. The number of amides is 1. The van der Waals surface area contributed by atoms with Crippen LogP contribution in [0.1, 0.15) is 32.3 Å². The van der Waals surface area contributed by atoms with E-state index in [-0.39, 0.29) is 5.91 Å². The highest BCUT2D eigenvalue weighted by Gasteiger charge is 2.22. The van der Waals surface area contributed by atoms with E-state index in [1.165, 1.54) is 25.3 Å². The molecule has 1 atom stereocenters. The standard InChI is InChI=1S/C15H22N2O2/c1-10(16-13-5-6-13)8-12-4-7-15(19-3)14(9-12)17-11(2)18/h4,7,9-10,13,16H,5-6,8H2,1-3H3,(H,17,18). The van der Waals surface area contributed by atoms with Gasteiger partial charge in [-0.2, -0.15) is 0 Å². The first kappa shape index (κ1) is 13.9. The van der Waals surface area contributed by atoms with Crippen molar-refractivity contribution in [1.82, 2.24) is 5.32 Å². The molecule has 19 heavy (non-hydrogen) atoms. The molecule has 1 aliphatic carbocycles. The molecular weight excluding hydrogens is 240 g/mol. The minimum Gasteiger partial charge on any atom is -0.495 e. The van der Waals surface area contributed by atoms with Gasteiger partial charge in [0.2, 0.25) is 5.91 Å². The SMILES string of the molecule is COc1ccc(CC(C)NC2CC2)cc1NC(C)=O. The van der Waals surface area contributed by atoms with Crippen molar-refractivity contribution in [1.29, 1.82) is 0 Å². The fourth-order valence-corrected chi connectivity index (χ4v) is 2.23. The lowest BCUT2D eigenvalue weighted by molar-refractivity contribution is -0.114. The van der Waals surface area contributed by atoms with Crippen molar-refractivity contribution in [2.75, 3.05) is 12.4 Å². The molecule has 2 rings (SSSR count). The molecule has 0 aliphatic heterocycles. The number of anilines is 1. The summed E-state index contributed by atoms with van der Waals surface area (Å²) in [6.07, 6.45) is 3.54. The van der Waals surface area contributed by atoms with Crippen LogP contribution in [-0.4, -0.2) is 25.1 Å². The summed E-state index contributed by atoms with van der Waals surface area (Å²) in [4.78, 5) is 11.2.